The number of hydrogen-bond donors (Lipinski definition) is 0. The molecule has 272 valence electrons. The molecule has 0 spiro atoms. The number of hydrogen-bond acceptors (Lipinski definition) is 2. The van der Waals surface area contributed by atoms with E-state index in [1.807, 2.05) is 0 Å². The lowest BCUT2D eigenvalue weighted by Crippen LogP contribution is -2.24. The molecule has 8 aromatic rings. The number of anilines is 5. The molecule has 2 aliphatic carbocycles. The third-order valence-electron chi connectivity index (χ3n) is 11.6. The topological polar surface area (TPSA) is 6.48 Å². The van der Waals surface area contributed by atoms with E-state index < -0.39 is 0 Å². The minimum Gasteiger partial charge on any atom is -0.311 e. The predicted octanol–water partition coefficient (Wildman–Crippen LogP) is 15.3. The first-order chi connectivity index (χ1) is 28.1. The normalized spacial score (nSPS) is 16.2. The van der Waals surface area contributed by atoms with Gasteiger partial charge in [-0.05, 0) is 122 Å². The van der Waals surface area contributed by atoms with Crippen molar-refractivity contribution < 1.29 is 0 Å². The molecule has 0 saturated carbocycles. The Balaban J connectivity index is 0.945. The van der Waals surface area contributed by atoms with E-state index in [0.717, 1.165) is 46.0 Å². The predicted molar refractivity (Wildman–Crippen MR) is 245 cm³/mol. The second kappa shape index (κ2) is 14.5. The number of nitrogens with zero attached hydrogens (tertiary/aromatic N) is 2. The zero-order chi connectivity index (χ0) is 38.2. The van der Waals surface area contributed by atoms with Crippen molar-refractivity contribution in [2.45, 2.75) is 13.3 Å². The van der Waals surface area contributed by atoms with Crippen LogP contribution in [0.2, 0.25) is 0 Å². The van der Waals surface area contributed by atoms with Crippen molar-refractivity contribution in [1.82, 2.24) is 0 Å². The third-order valence-corrected chi connectivity index (χ3v) is 11.6. The Morgan fingerprint density at radius 3 is 1.35 bits per heavy atom. The van der Waals surface area contributed by atoms with Gasteiger partial charge in [0, 0.05) is 39.5 Å². The first-order valence-electron chi connectivity index (χ1n) is 19.8. The van der Waals surface area contributed by atoms with E-state index in [1.54, 1.807) is 0 Å². The van der Waals surface area contributed by atoms with Crippen LogP contribution in [0.15, 0.2) is 224 Å². The fourth-order valence-electron chi connectivity index (χ4n) is 8.31. The molecule has 2 heteroatoms. The van der Waals surface area contributed by atoms with Crippen LogP contribution in [0.4, 0.5) is 28.4 Å². The van der Waals surface area contributed by atoms with Gasteiger partial charge in [-0.1, -0.05) is 165 Å². The third kappa shape index (κ3) is 6.77. The summed E-state index contributed by atoms with van der Waals surface area (Å²) < 4.78 is 0. The molecule has 1 atom stereocenters. The zero-order valence-corrected chi connectivity index (χ0v) is 32.0. The highest BCUT2D eigenvalue weighted by atomic mass is 15.1. The van der Waals surface area contributed by atoms with Gasteiger partial charge in [0.1, 0.15) is 0 Å². The fourth-order valence-corrected chi connectivity index (χ4v) is 8.31. The molecule has 0 aliphatic heterocycles. The summed E-state index contributed by atoms with van der Waals surface area (Å²) in [6.45, 7) is 2.33. The molecule has 0 N–H and O–H groups in total. The smallest absolute Gasteiger partial charge is 0.0468 e. The highest BCUT2D eigenvalue weighted by Crippen LogP contribution is 2.44. The second-order valence-corrected chi connectivity index (χ2v) is 15.4. The van der Waals surface area contributed by atoms with Crippen LogP contribution in [0.25, 0.3) is 44.5 Å². The molecular weight excluding hydrogens is 689 g/mol. The average molecular weight is 731 g/mol. The van der Waals surface area contributed by atoms with E-state index >= 15 is 0 Å². The Hall–Kier alpha value is -7.16. The Labute approximate surface area is 335 Å². The summed E-state index contributed by atoms with van der Waals surface area (Å²) >= 11 is 0. The van der Waals surface area contributed by atoms with Gasteiger partial charge >= 0.3 is 0 Å². The standard InChI is InChI=1S/C55H42N2/c1-55-34-9-8-16-48(55)39-54(33-35-55)57(53-32-25-44-12-4-7-15-47(44)38-53)50-28-21-41(22-29-50)18-17-40-19-26-49(27-20-40)56(51-30-23-42-10-2-5-13-45(42)36-51)52-31-24-43-11-3-6-14-46(43)37-52/h2-34,36-39H,35H2,1H3/b18-17+. The van der Waals surface area contributed by atoms with Crippen LogP contribution in [0.3, 0.4) is 0 Å². The highest BCUT2D eigenvalue weighted by molar-refractivity contribution is 5.93. The molecule has 0 radical (unpaired) electrons. The van der Waals surface area contributed by atoms with Crippen LogP contribution in [0, 0.1) is 5.41 Å². The largest absolute Gasteiger partial charge is 0.311 e. The molecule has 1 unspecified atom stereocenters. The van der Waals surface area contributed by atoms with Gasteiger partial charge < -0.3 is 9.80 Å². The molecular formula is C55H42N2. The van der Waals surface area contributed by atoms with E-state index in [1.165, 1.54) is 43.6 Å². The number of rotatable bonds is 8. The average Bonchev–Trinajstić information content (AvgIpc) is 3.26. The van der Waals surface area contributed by atoms with Gasteiger partial charge in [0.2, 0.25) is 0 Å². The van der Waals surface area contributed by atoms with Crippen molar-refractivity contribution in [1.29, 1.82) is 0 Å². The molecule has 8 aromatic carbocycles. The molecule has 0 saturated heterocycles. The van der Waals surface area contributed by atoms with Crippen LogP contribution < -0.4 is 9.80 Å². The minimum atomic E-state index is 0.0331. The van der Waals surface area contributed by atoms with Crippen LogP contribution >= 0.6 is 0 Å². The van der Waals surface area contributed by atoms with Gasteiger partial charge in [0.25, 0.3) is 0 Å². The van der Waals surface area contributed by atoms with E-state index in [4.69, 9.17) is 0 Å². The van der Waals surface area contributed by atoms with E-state index in [-0.39, 0.29) is 5.41 Å². The van der Waals surface area contributed by atoms with Gasteiger partial charge in [-0.25, -0.2) is 0 Å². The molecule has 0 amide bonds. The number of benzene rings is 8. The van der Waals surface area contributed by atoms with Crippen molar-refractivity contribution in [2.75, 3.05) is 9.80 Å². The maximum absolute atomic E-state index is 2.40. The van der Waals surface area contributed by atoms with Gasteiger partial charge in [-0.15, -0.1) is 0 Å². The lowest BCUT2D eigenvalue weighted by molar-refractivity contribution is 0.523. The van der Waals surface area contributed by atoms with E-state index in [9.17, 15) is 0 Å². The fraction of sp³-hybridized carbons (Fsp3) is 0.0545. The quantitative estimate of drug-likeness (QED) is 0.144. The highest BCUT2D eigenvalue weighted by Gasteiger charge is 2.30. The van der Waals surface area contributed by atoms with Crippen molar-refractivity contribution in [3.63, 3.8) is 0 Å². The van der Waals surface area contributed by atoms with E-state index in [2.05, 4.69) is 241 Å². The summed E-state index contributed by atoms with van der Waals surface area (Å²) in [5, 5.41) is 7.40. The number of allylic oxidation sites excluding steroid dienone is 7. The number of fused-ring (bicyclic) bond motifs is 4. The van der Waals surface area contributed by atoms with Crippen molar-refractivity contribution in [3.05, 3.63) is 235 Å². The molecule has 2 nitrogen and oxygen atoms in total. The summed E-state index contributed by atoms with van der Waals surface area (Å²) in [4.78, 5) is 4.75. The summed E-state index contributed by atoms with van der Waals surface area (Å²) in [6, 6.07) is 63.7. The van der Waals surface area contributed by atoms with Gasteiger partial charge in [-0.3, -0.25) is 0 Å². The van der Waals surface area contributed by atoms with Crippen molar-refractivity contribution in [2.24, 2.45) is 5.41 Å². The molecule has 0 fully saturated rings. The van der Waals surface area contributed by atoms with Crippen LogP contribution in [0.1, 0.15) is 24.5 Å². The maximum atomic E-state index is 2.40. The van der Waals surface area contributed by atoms with E-state index in [0.29, 0.717) is 0 Å². The lowest BCUT2D eigenvalue weighted by atomic mass is 9.73. The molecule has 0 aromatic heterocycles. The van der Waals surface area contributed by atoms with Crippen LogP contribution in [0.5, 0.6) is 0 Å². The monoisotopic (exact) mass is 730 g/mol. The van der Waals surface area contributed by atoms with Crippen molar-refractivity contribution >= 4 is 72.9 Å². The van der Waals surface area contributed by atoms with Gasteiger partial charge in [-0.2, -0.15) is 0 Å². The zero-order valence-electron chi connectivity index (χ0n) is 32.0. The Kier molecular flexibility index (Phi) is 8.73. The van der Waals surface area contributed by atoms with Gasteiger partial charge in [0.05, 0.1) is 0 Å². The molecule has 2 aliphatic rings. The summed E-state index contributed by atoms with van der Waals surface area (Å²) in [5.74, 6) is 0. The maximum Gasteiger partial charge on any atom is 0.0468 e. The van der Waals surface area contributed by atoms with Crippen molar-refractivity contribution in [3.8, 4) is 0 Å². The first-order valence-corrected chi connectivity index (χ1v) is 19.8. The Morgan fingerprint density at radius 1 is 0.439 bits per heavy atom. The Bertz CT molecular complexity index is 2860. The minimum absolute atomic E-state index is 0.0331. The van der Waals surface area contributed by atoms with Crippen LogP contribution in [-0.2, 0) is 0 Å². The van der Waals surface area contributed by atoms with Crippen LogP contribution in [-0.4, -0.2) is 0 Å². The summed E-state index contributed by atoms with van der Waals surface area (Å²) in [5.41, 5.74) is 10.5. The molecule has 0 bridgehead atoms. The second-order valence-electron chi connectivity index (χ2n) is 15.4. The molecule has 10 rings (SSSR count). The van der Waals surface area contributed by atoms with Gasteiger partial charge in [0.15, 0.2) is 0 Å². The first kappa shape index (κ1) is 34.3. The summed E-state index contributed by atoms with van der Waals surface area (Å²) in [7, 11) is 0. The molecule has 0 heterocycles. The SMILES string of the molecule is CC12C=CC=CC1=CC(N(c1ccc(/C=C/c3ccc(N(c4ccc5ccccc5c4)c4ccc5ccccc5c4)cc3)cc1)c1ccc3ccccc3c1)=CC2. The lowest BCUT2D eigenvalue weighted by Gasteiger charge is -2.36. The Morgan fingerprint density at radius 2 is 0.860 bits per heavy atom. The molecule has 57 heavy (non-hydrogen) atoms. The summed E-state index contributed by atoms with van der Waals surface area (Å²) in [6.07, 6.45) is 19.0.